The Morgan fingerprint density at radius 2 is 2.11 bits per heavy atom. The summed E-state index contributed by atoms with van der Waals surface area (Å²) in [4.78, 5) is 10.8. The lowest BCUT2D eigenvalue weighted by Crippen LogP contribution is -2.34. The molecule has 0 spiro atoms. The fourth-order valence-electron chi connectivity index (χ4n) is 2.55. The Labute approximate surface area is 112 Å². The topological polar surface area (TPSA) is 87.8 Å². The number of hydrogen-bond acceptors (Lipinski definition) is 4. The molecule has 19 heavy (non-hydrogen) atoms. The SMILES string of the molecule is Cc1oc(C(=O)O)cc1S(=O)(=O)N1CC(C)CC1C. The van der Waals surface area contributed by atoms with Crippen molar-refractivity contribution in [1.29, 1.82) is 0 Å². The van der Waals surface area contributed by atoms with Crippen molar-refractivity contribution in [3.8, 4) is 0 Å². The quantitative estimate of drug-likeness (QED) is 0.914. The van der Waals surface area contributed by atoms with Crippen molar-refractivity contribution in [2.45, 2.75) is 38.1 Å². The summed E-state index contributed by atoms with van der Waals surface area (Å²) in [6.45, 7) is 5.77. The highest BCUT2D eigenvalue weighted by Gasteiger charge is 2.38. The Balaban J connectivity index is 2.42. The standard InChI is InChI=1S/C12H17NO5S/c1-7-4-8(2)13(6-7)19(16,17)11-5-10(12(14)15)18-9(11)3/h5,7-8H,4,6H2,1-3H3,(H,14,15). The monoisotopic (exact) mass is 287 g/mol. The molecule has 0 saturated carbocycles. The predicted molar refractivity (Wildman–Crippen MR) is 67.5 cm³/mol. The second kappa shape index (κ2) is 4.64. The van der Waals surface area contributed by atoms with Crippen LogP contribution in [0.25, 0.3) is 0 Å². The van der Waals surface area contributed by atoms with Gasteiger partial charge in [-0.15, -0.1) is 0 Å². The zero-order chi connectivity index (χ0) is 14.4. The highest BCUT2D eigenvalue weighted by Crippen LogP contribution is 2.31. The largest absolute Gasteiger partial charge is 0.475 e. The van der Waals surface area contributed by atoms with Crippen LogP contribution < -0.4 is 0 Å². The second-order valence-corrected chi connectivity index (χ2v) is 6.96. The molecule has 7 heteroatoms. The molecule has 2 atom stereocenters. The van der Waals surface area contributed by atoms with Gasteiger partial charge in [0.25, 0.3) is 0 Å². The van der Waals surface area contributed by atoms with Crippen molar-refractivity contribution in [3.63, 3.8) is 0 Å². The van der Waals surface area contributed by atoms with Gasteiger partial charge in [-0.25, -0.2) is 13.2 Å². The molecule has 0 amide bonds. The Morgan fingerprint density at radius 3 is 2.53 bits per heavy atom. The van der Waals surface area contributed by atoms with Crippen LogP contribution in [0.1, 0.15) is 36.6 Å². The van der Waals surface area contributed by atoms with Gasteiger partial charge >= 0.3 is 5.97 Å². The third kappa shape index (κ3) is 2.40. The molecule has 1 fully saturated rings. The van der Waals surface area contributed by atoms with Crippen molar-refractivity contribution in [3.05, 3.63) is 17.6 Å². The lowest BCUT2D eigenvalue weighted by atomic mass is 10.1. The Morgan fingerprint density at radius 1 is 1.47 bits per heavy atom. The first kappa shape index (κ1) is 14.1. The minimum atomic E-state index is -3.69. The number of nitrogens with zero attached hydrogens (tertiary/aromatic N) is 1. The smallest absolute Gasteiger partial charge is 0.371 e. The molecule has 2 unspecified atom stereocenters. The second-order valence-electron chi connectivity index (χ2n) is 5.10. The van der Waals surface area contributed by atoms with E-state index < -0.39 is 16.0 Å². The highest BCUT2D eigenvalue weighted by atomic mass is 32.2. The lowest BCUT2D eigenvalue weighted by Gasteiger charge is -2.20. The lowest BCUT2D eigenvalue weighted by molar-refractivity contribution is 0.0661. The first-order valence-electron chi connectivity index (χ1n) is 6.09. The van der Waals surface area contributed by atoms with E-state index in [1.807, 2.05) is 13.8 Å². The van der Waals surface area contributed by atoms with E-state index in [4.69, 9.17) is 9.52 Å². The van der Waals surface area contributed by atoms with Crippen molar-refractivity contribution in [1.82, 2.24) is 4.31 Å². The van der Waals surface area contributed by atoms with Crippen LogP contribution in [0.15, 0.2) is 15.4 Å². The maximum atomic E-state index is 12.5. The van der Waals surface area contributed by atoms with Crippen LogP contribution in [0, 0.1) is 12.8 Å². The Bertz CT molecular complexity index is 604. The zero-order valence-corrected chi connectivity index (χ0v) is 11.9. The fourth-order valence-corrected chi connectivity index (χ4v) is 4.47. The van der Waals surface area contributed by atoms with Crippen LogP contribution in [0.5, 0.6) is 0 Å². The van der Waals surface area contributed by atoms with Crippen molar-refractivity contribution in [2.24, 2.45) is 5.92 Å². The molecular weight excluding hydrogens is 270 g/mol. The van der Waals surface area contributed by atoms with Crippen LogP contribution in [0.3, 0.4) is 0 Å². The summed E-state index contributed by atoms with van der Waals surface area (Å²) in [7, 11) is -3.69. The van der Waals surface area contributed by atoms with Gasteiger partial charge in [0.05, 0.1) is 0 Å². The number of carboxylic acids is 1. The number of sulfonamides is 1. The minimum Gasteiger partial charge on any atom is -0.475 e. The van der Waals surface area contributed by atoms with Crippen LogP contribution in [-0.2, 0) is 10.0 Å². The van der Waals surface area contributed by atoms with Crippen molar-refractivity contribution < 1.29 is 22.7 Å². The number of rotatable bonds is 3. The highest BCUT2D eigenvalue weighted by molar-refractivity contribution is 7.89. The van der Waals surface area contributed by atoms with Gasteiger partial charge in [-0.05, 0) is 26.2 Å². The average Bonchev–Trinajstić information content (AvgIpc) is 2.82. The van der Waals surface area contributed by atoms with E-state index in [1.54, 1.807) is 0 Å². The van der Waals surface area contributed by atoms with Crippen molar-refractivity contribution >= 4 is 16.0 Å². The summed E-state index contributed by atoms with van der Waals surface area (Å²) < 4.78 is 31.4. The maximum Gasteiger partial charge on any atom is 0.371 e. The van der Waals surface area contributed by atoms with Gasteiger partial charge in [0.2, 0.25) is 15.8 Å². The first-order valence-corrected chi connectivity index (χ1v) is 7.53. The molecule has 1 aliphatic heterocycles. The zero-order valence-electron chi connectivity index (χ0n) is 11.1. The van der Waals surface area contributed by atoms with Gasteiger partial charge in [-0.3, -0.25) is 0 Å². The van der Waals surface area contributed by atoms with Gasteiger partial charge in [0, 0.05) is 18.7 Å². The van der Waals surface area contributed by atoms with E-state index in [9.17, 15) is 13.2 Å². The van der Waals surface area contributed by atoms with E-state index >= 15 is 0 Å². The summed E-state index contributed by atoms with van der Waals surface area (Å²) in [6.07, 6.45) is 0.807. The van der Waals surface area contributed by atoms with Gasteiger partial charge in [0.1, 0.15) is 10.7 Å². The number of aromatic carboxylic acids is 1. The molecule has 2 rings (SSSR count). The molecule has 106 valence electrons. The number of hydrogen-bond donors (Lipinski definition) is 1. The Kier molecular flexibility index (Phi) is 3.44. The van der Waals surface area contributed by atoms with Crippen LogP contribution in [0.4, 0.5) is 0 Å². The summed E-state index contributed by atoms with van der Waals surface area (Å²) in [5.41, 5.74) is 0. The molecule has 6 nitrogen and oxygen atoms in total. The van der Waals surface area contributed by atoms with E-state index in [0.29, 0.717) is 12.5 Å². The van der Waals surface area contributed by atoms with Gasteiger partial charge < -0.3 is 9.52 Å². The van der Waals surface area contributed by atoms with Crippen LogP contribution >= 0.6 is 0 Å². The van der Waals surface area contributed by atoms with Gasteiger partial charge in [-0.1, -0.05) is 6.92 Å². The third-order valence-corrected chi connectivity index (χ3v) is 5.48. The van der Waals surface area contributed by atoms with E-state index in [-0.39, 0.29) is 22.5 Å². The van der Waals surface area contributed by atoms with Gasteiger partial charge in [0.15, 0.2) is 0 Å². The summed E-state index contributed by atoms with van der Waals surface area (Å²) in [5.74, 6) is -1.21. The maximum absolute atomic E-state index is 12.5. The van der Waals surface area contributed by atoms with E-state index in [1.165, 1.54) is 11.2 Å². The first-order chi connectivity index (χ1) is 8.73. The average molecular weight is 287 g/mol. The summed E-state index contributed by atoms with van der Waals surface area (Å²) in [5, 5.41) is 8.85. The third-order valence-electron chi connectivity index (χ3n) is 3.40. The molecule has 0 aromatic carbocycles. The molecule has 1 saturated heterocycles. The number of aryl methyl sites for hydroxylation is 1. The number of carbonyl (C=O) groups is 1. The minimum absolute atomic E-state index is 0.0501. The molecule has 2 heterocycles. The summed E-state index contributed by atoms with van der Waals surface area (Å²) >= 11 is 0. The molecule has 1 N–H and O–H groups in total. The van der Waals surface area contributed by atoms with Crippen LogP contribution in [0.2, 0.25) is 0 Å². The molecule has 1 aliphatic rings. The Hall–Kier alpha value is -1.34. The summed E-state index contributed by atoms with van der Waals surface area (Å²) in [6, 6.07) is 1.01. The molecule has 0 bridgehead atoms. The normalized spacial score (nSPS) is 24.8. The predicted octanol–water partition coefficient (Wildman–Crippen LogP) is 1.71. The van der Waals surface area contributed by atoms with Crippen LogP contribution in [-0.4, -0.2) is 36.4 Å². The van der Waals surface area contributed by atoms with Gasteiger partial charge in [-0.2, -0.15) is 4.31 Å². The van der Waals surface area contributed by atoms with Crippen molar-refractivity contribution in [2.75, 3.05) is 6.54 Å². The molecular formula is C12H17NO5S. The molecule has 0 aliphatic carbocycles. The fraction of sp³-hybridized carbons (Fsp3) is 0.583. The number of carboxylic acid groups (broad SMARTS) is 1. The molecule has 1 aromatic heterocycles. The number of furan rings is 1. The molecule has 1 aromatic rings. The molecule has 0 radical (unpaired) electrons. The van der Waals surface area contributed by atoms with E-state index in [2.05, 4.69) is 0 Å². The van der Waals surface area contributed by atoms with E-state index in [0.717, 1.165) is 12.5 Å².